The number of benzene rings is 2. The molecule has 0 amide bonds. The molecule has 0 radical (unpaired) electrons. The van der Waals surface area contributed by atoms with Crippen LogP contribution in [0.5, 0.6) is 0 Å². The number of rotatable bonds is 3. The molecule has 0 fully saturated rings. The van der Waals surface area contributed by atoms with Crippen LogP contribution in [0.25, 0.3) is 21.1 Å². The van der Waals surface area contributed by atoms with E-state index in [1.807, 2.05) is 49.6 Å². The molecule has 122 valence electrons. The van der Waals surface area contributed by atoms with Gasteiger partial charge in [-0.1, -0.05) is 18.2 Å². The molecule has 0 aliphatic heterocycles. The SMILES string of the molecule is CSc1nc2ccccc2c(Nc2ccc3nc(C)sc3c2)c1C#N. The minimum absolute atomic E-state index is 0.576. The van der Waals surface area contributed by atoms with Crippen molar-refractivity contribution in [3.05, 3.63) is 53.0 Å². The van der Waals surface area contributed by atoms with E-state index in [0.717, 1.165) is 42.5 Å². The number of nitriles is 1. The molecule has 0 bridgehead atoms. The average molecular weight is 362 g/mol. The zero-order valence-electron chi connectivity index (χ0n) is 13.7. The lowest BCUT2D eigenvalue weighted by molar-refractivity contribution is 1.17. The number of anilines is 2. The maximum Gasteiger partial charge on any atom is 0.116 e. The number of aromatic nitrogens is 2. The lowest BCUT2D eigenvalue weighted by Gasteiger charge is -2.14. The maximum absolute atomic E-state index is 9.69. The van der Waals surface area contributed by atoms with Gasteiger partial charge in [0.25, 0.3) is 0 Å². The molecule has 0 unspecified atom stereocenters. The van der Waals surface area contributed by atoms with E-state index >= 15 is 0 Å². The van der Waals surface area contributed by atoms with E-state index in [4.69, 9.17) is 0 Å². The van der Waals surface area contributed by atoms with Gasteiger partial charge in [-0.05, 0) is 37.4 Å². The number of nitrogens with one attached hydrogen (secondary N) is 1. The number of para-hydroxylation sites is 1. The molecule has 25 heavy (non-hydrogen) atoms. The molecule has 0 saturated carbocycles. The molecule has 4 nitrogen and oxygen atoms in total. The van der Waals surface area contributed by atoms with E-state index in [0.29, 0.717) is 5.56 Å². The molecule has 2 aromatic heterocycles. The molecule has 4 rings (SSSR count). The third kappa shape index (κ3) is 2.82. The highest BCUT2D eigenvalue weighted by Crippen LogP contribution is 2.35. The monoisotopic (exact) mass is 362 g/mol. The third-order valence-corrected chi connectivity index (χ3v) is 5.54. The maximum atomic E-state index is 9.69. The van der Waals surface area contributed by atoms with Gasteiger partial charge in [-0.2, -0.15) is 5.26 Å². The zero-order chi connectivity index (χ0) is 17.4. The van der Waals surface area contributed by atoms with Gasteiger partial charge in [0.05, 0.1) is 26.4 Å². The minimum atomic E-state index is 0.576. The highest BCUT2D eigenvalue weighted by atomic mass is 32.2. The first kappa shape index (κ1) is 15.9. The van der Waals surface area contributed by atoms with Crippen LogP contribution in [0.15, 0.2) is 47.5 Å². The molecule has 2 aromatic carbocycles. The third-order valence-electron chi connectivity index (χ3n) is 3.93. The molecule has 0 spiro atoms. The first-order valence-corrected chi connectivity index (χ1v) is 9.75. The lowest BCUT2D eigenvalue weighted by atomic mass is 10.1. The number of pyridine rings is 1. The standard InChI is InChI=1S/C19H14N4S2/c1-11-21-16-8-7-12(9-17(16)25-11)22-18-13-5-3-4-6-15(13)23-19(24-2)14(18)10-20/h3-9H,1-2H3,(H,22,23). The van der Waals surface area contributed by atoms with Gasteiger partial charge in [-0.25, -0.2) is 9.97 Å². The Morgan fingerprint density at radius 2 is 1.96 bits per heavy atom. The van der Waals surface area contributed by atoms with E-state index in [9.17, 15) is 5.26 Å². The normalized spacial score (nSPS) is 10.9. The highest BCUT2D eigenvalue weighted by molar-refractivity contribution is 7.98. The van der Waals surface area contributed by atoms with E-state index in [-0.39, 0.29) is 0 Å². The molecular weight excluding hydrogens is 348 g/mol. The van der Waals surface area contributed by atoms with Gasteiger partial charge in [-0.3, -0.25) is 0 Å². The Hall–Kier alpha value is -2.62. The number of nitrogens with zero attached hydrogens (tertiary/aromatic N) is 3. The van der Waals surface area contributed by atoms with Crippen LogP contribution in [0.2, 0.25) is 0 Å². The van der Waals surface area contributed by atoms with Crippen LogP contribution in [0.4, 0.5) is 11.4 Å². The molecule has 2 heterocycles. The fourth-order valence-corrected chi connectivity index (χ4v) is 4.24. The summed E-state index contributed by atoms with van der Waals surface area (Å²) in [6.45, 7) is 2.01. The number of fused-ring (bicyclic) bond motifs is 2. The Labute approximate surface area is 153 Å². The van der Waals surface area contributed by atoms with Crippen molar-refractivity contribution in [1.82, 2.24) is 9.97 Å². The van der Waals surface area contributed by atoms with Gasteiger partial charge >= 0.3 is 0 Å². The number of aryl methyl sites for hydroxylation is 1. The van der Waals surface area contributed by atoms with E-state index < -0.39 is 0 Å². The number of thiazole rings is 1. The summed E-state index contributed by atoms with van der Waals surface area (Å²) in [6.07, 6.45) is 1.94. The summed E-state index contributed by atoms with van der Waals surface area (Å²) in [4.78, 5) is 9.11. The minimum Gasteiger partial charge on any atom is -0.354 e. The molecule has 0 atom stereocenters. The molecular formula is C19H14N4S2. The largest absolute Gasteiger partial charge is 0.354 e. The lowest BCUT2D eigenvalue weighted by Crippen LogP contribution is -1.99. The van der Waals surface area contributed by atoms with Gasteiger partial charge < -0.3 is 5.32 Å². The number of thioether (sulfide) groups is 1. The predicted octanol–water partition coefficient (Wildman–Crippen LogP) is 5.49. The van der Waals surface area contributed by atoms with E-state index in [2.05, 4.69) is 27.4 Å². The molecule has 1 N–H and O–H groups in total. The highest BCUT2D eigenvalue weighted by Gasteiger charge is 2.15. The van der Waals surface area contributed by atoms with Gasteiger partial charge in [0.15, 0.2) is 0 Å². The van der Waals surface area contributed by atoms with Crippen LogP contribution in [-0.2, 0) is 0 Å². The second-order valence-corrected chi connectivity index (χ2v) is 7.57. The molecule has 6 heteroatoms. The average Bonchev–Trinajstić information content (AvgIpc) is 3.00. The quantitative estimate of drug-likeness (QED) is 0.488. The summed E-state index contributed by atoms with van der Waals surface area (Å²) < 4.78 is 1.13. The van der Waals surface area contributed by atoms with Crippen molar-refractivity contribution in [2.45, 2.75) is 11.9 Å². The summed E-state index contributed by atoms with van der Waals surface area (Å²) in [5.41, 5.74) is 4.20. The molecule has 0 aliphatic carbocycles. The van der Waals surface area contributed by atoms with Gasteiger partial charge in [0.1, 0.15) is 16.7 Å². The Morgan fingerprint density at radius 1 is 1.12 bits per heavy atom. The first-order chi connectivity index (χ1) is 12.2. The molecule has 0 aliphatic rings. The second kappa shape index (κ2) is 6.36. The van der Waals surface area contributed by atoms with Crippen LogP contribution in [0.1, 0.15) is 10.6 Å². The van der Waals surface area contributed by atoms with Crippen LogP contribution in [0, 0.1) is 18.3 Å². The van der Waals surface area contributed by atoms with Crippen molar-refractivity contribution in [1.29, 1.82) is 5.26 Å². The van der Waals surface area contributed by atoms with Gasteiger partial charge in [-0.15, -0.1) is 23.1 Å². The van der Waals surface area contributed by atoms with Crippen LogP contribution >= 0.6 is 23.1 Å². The number of hydrogen-bond donors (Lipinski definition) is 1. The second-order valence-electron chi connectivity index (χ2n) is 5.54. The van der Waals surface area contributed by atoms with Crippen LogP contribution in [0.3, 0.4) is 0 Å². The Balaban J connectivity index is 1.90. The van der Waals surface area contributed by atoms with Crippen molar-refractivity contribution in [2.24, 2.45) is 0 Å². The van der Waals surface area contributed by atoms with Crippen LogP contribution in [-0.4, -0.2) is 16.2 Å². The summed E-state index contributed by atoms with van der Waals surface area (Å²) >= 11 is 3.15. The zero-order valence-corrected chi connectivity index (χ0v) is 15.3. The predicted molar refractivity (Wildman–Crippen MR) is 106 cm³/mol. The Bertz CT molecular complexity index is 1140. The smallest absolute Gasteiger partial charge is 0.116 e. The Morgan fingerprint density at radius 3 is 2.76 bits per heavy atom. The summed E-state index contributed by atoms with van der Waals surface area (Å²) in [5, 5.41) is 15.9. The van der Waals surface area contributed by atoms with Gasteiger partial charge in [0.2, 0.25) is 0 Å². The summed E-state index contributed by atoms with van der Waals surface area (Å²) in [6, 6.07) is 16.3. The fraction of sp³-hybridized carbons (Fsp3) is 0.105. The van der Waals surface area contributed by atoms with Crippen molar-refractivity contribution in [3.63, 3.8) is 0 Å². The fourth-order valence-electron chi connectivity index (χ4n) is 2.83. The number of hydrogen-bond acceptors (Lipinski definition) is 6. The van der Waals surface area contributed by atoms with E-state index in [1.54, 1.807) is 11.3 Å². The van der Waals surface area contributed by atoms with Crippen molar-refractivity contribution < 1.29 is 0 Å². The molecule has 0 saturated heterocycles. The van der Waals surface area contributed by atoms with Crippen LogP contribution < -0.4 is 5.32 Å². The van der Waals surface area contributed by atoms with Crippen molar-refractivity contribution in [2.75, 3.05) is 11.6 Å². The van der Waals surface area contributed by atoms with Crippen molar-refractivity contribution >= 4 is 55.6 Å². The Kier molecular flexibility index (Phi) is 4.04. The van der Waals surface area contributed by atoms with E-state index in [1.165, 1.54) is 11.8 Å². The molecule has 4 aromatic rings. The topological polar surface area (TPSA) is 61.6 Å². The van der Waals surface area contributed by atoms with Gasteiger partial charge in [0, 0.05) is 11.1 Å². The van der Waals surface area contributed by atoms with Crippen molar-refractivity contribution in [3.8, 4) is 6.07 Å². The summed E-state index contributed by atoms with van der Waals surface area (Å²) in [5.74, 6) is 0. The first-order valence-electron chi connectivity index (χ1n) is 7.70. The summed E-state index contributed by atoms with van der Waals surface area (Å²) in [7, 11) is 0.